The molecule has 1 aromatic carbocycles. The fourth-order valence-electron chi connectivity index (χ4n) is 2.46. The Morgan fingerprint density at radius 1 is 1.00 bits per heavy atom. The van der Waals surface area contributed by atoms with Gasteiger partial charge in [-0.15, -0.1) is 5.10 Å². The van der Waals surface area contributed by atoms with Gasteiger partial charge in [-0.25, -0.2) is 4.98 Å². The lowest BCUT2D eigenvalue weighted by molar-refractivity contribution is 0.0972. The highest BCUT2D eigenvalue weighted by molar-refractivity contribution is 6.22. The van der Waals surface area contributed by atoms with Gasteiger partial charge in [0, 0.05) is 5.56 Å². The number of nitrogens with one attached hydrogen (secondary N) is 1. The third-order valence-corrected chi connectivity index (χ3v) is 3.85. The second-order valence-corrected chi connectivity index (χ2v) is 5.66. The van der Waals surface area contributed by atoms with Crippen LogP contribution in [0, 0.1) is 12.3 Å². The van der Waals surface area contributed by atoms with Crippen LogP contribution in [0.2, 0.25) is 0 Å². The van der Waals surface area contributed by atoms with Crippen molar-refractivity contribution in [3.63, 3.8) is 0 Å². The van der Waals surface area contributed by atoms with E-state index in [0.717, 1.165) is 29.8 Å². The molecule has 0 atom stereocenters. The first-order chi connectivity index (χ1) is 11.3. The lowest BCUT2D eigenvalue weighted by atomic mass is 10.1. The number of hydrogen-bond acceptors (Lipinski definition) is 4. The zero-order valence-corrected chi connectivity index (χ0v) is 12.4. The van der Waals surface area contributed by atoms with Crippen molar-refractivity contribution in [3.8, 4) is 11.3 Å². The maximum absolute atomic E-state index is 12.4. The van der Waals surface area contributed by atoms with Crippen molar-refractivity contribution >= 4 is 17.5 Å². The zero-order chi connectivity index (χ0) is 15.6. The van der Waals surface area contributed by atoms with Crippen LogP contribution >= 0.6 is 0 Å². The maximum atomic E-state index is 12.4. The van der Waals surface area contributed by atoms with Crippen molar-refractivity contribution < 1.29 is 4.79 Å². The van der Waals surface area contributed by atoms with Crippen LogP contribution in [0.5, 0.6) is 0 Å². The number of aromatic nitrogens is 1. The standard InChI is InChI=1S/C18H15N4O/c23-18(20-17-11-16(21-22-17)13-9-10-13)15-8-4-7-14(19-15)12-5-2-1-3-6-12/h1-8,11,13H,9-10H2,(H,20,22,23). The number of amides is 1. The van der Waals surface area contributed by atoms with Crippen LogP contribution in [0.1, 0.15) is 23.3 Å². The lowest BCUT2D eigenvalue weighted by Gasteiger charge is -2.06. The minimum atomic E-state index is -0.273. The Morgan fingerprint density at radius 3 is 2.61 bits per heavy atom. The lowest BCUT2D eigenvalue weighted by Crippen LogP contribution is -2.31. The van der Waals surface area contributed by atoms with E-state index in [1.165, 1.54) is 0 Å². The smallest absolute Gasteiger partial charge is 0.275 e. The summed E-state index contributed by atoms with van der Waals surface area (Å²) < 4.78 is 0. The molecule has 1 saturated carbocycles. The molecular weight excluding hydrogens is 288 g/mol. The first-order valence-corrected chi connectivity index (χ1v) is 7.64. The summed E-state index contributed by atoms with van der Waals surface area (Å²) in [4.78, 5) is 16.8. The Balaban J connectivity index is 1.47. The molecule has 1 aromatic heterocycles. The van der Waals surface area contributed by atoms with Gasteiger partial charge in [-0.05, 0) is 30.9 Å². The second kappa shape index (κ2) is 5.76. The molecule has 1 amide bonds. The molecule has 1 aliphatic carbocycles. The topological polar surface area (TPSA) is 66.7 Å². The van der Waals surface area contributed by atoms with Crippen LogP contribution in [0.4, 0.5) is 0 Å². The molecular formula is C18H15N4O. The third-order valence-electron chi connectivity index (χ3n) is 3.85. The summed E-state index contributed by atoms with van der Waals surface area (Å²) in [6.07, 6.45) is 4.16. The fraction of sp³-hybridized carbons (Fsp3) is 0.167. The number of carbonyl (C=O) groups excluding carboxylic acids is 1. The first kappa shape index (κ1) is 13.8. The van der Waals surface area contributed by atoms with Crippen molar-refractivity contribution in [2.24, 2.45) is 16.1 Å². The van der Waals surface area contributed by atoms with E-state index in [-0.39, 0.29) is 5.91 Å². The molecule has 1 fully saturated rings. The van der Waals surface area contributed by atoms with Crippen molar-refractivity contribution in [1.82, 2.24) is 10.3 Å². The van der Waals surface area contributed by atoms with Gasteiger partial charge in [-0.1, -0.05) is 36.4 Å². The molecule has 5 heteroatoms. The van der Waals surface area contributed by atoms with Gasteiger partial charge in [0.15, 0.2) is 0 Å². The number of pyridine rings is 1. The predicted octanol–water partition coefficient (Wildman–Crippen LogP) is 2.86. The molecule has 113 valence electrons. The first-order valence-electron chi connectivity index (χ1n) is 7.64. The van der Waals surface area contributed by atoms with E-state index in [0.29, 0.717) is 17.4 Å². The molecule has 2 heterocycles. The van der Waals surface area contributed by atoms with Crippen molar-refractivity contribution in [2.75, 3.05) is 0 Å². The van der Waals surface area contributed by atoms with E-state index >= 15 is 0 Å². The van der Waals surface area contributed by atoms with Gasteiger partial charge < -0.3 is 5.32 Å². The van der Waals surface area contributed by atoms with Crippen molar-refractivity contribution in [1.29, 1.82) is 0 Å². The third kappa shape index (κ3) is 3.04. The van der Waals surface area contributed by atoms with E-state index in [4.69, 9.17) is 0 Å². The van der Waals surface area contributed by atoms with Crippen LogP contribution in [-0.4, -0.2) is 22.4 Å². The summed E-state index contributed by atoms with van der Waals surface area (Å²) in [6.45, 7) is 0. The van der Waals surface area contributed by atoms with Crippen LogP contribution in [-0.2, 0) is 0 Å². The zero-order valence-electron chi connectivity index (χ0n) is 12.4. The Labute approximate surface area is 134 Å². The average molecular weight is 303 g/mol. The summed E-state index contributed by atoms with van der Waals surface area (Å²) in [5.41, 5.74) is 3.07. The molecule has 4 rings (SSSR count). The molecule has 2 aromatic rings. The van der Waals surface area contributed by atoms with Crippen molar-refractivity contribution in [3.05, 3.63) is 60.6 Å². The molecule has 0 spiro atoms. The van der Waals surface area contributed by atoms with Crippen LogP contribution in [0.3, 0.4) is 0 Å². The highest BCUT2D eigenvalue weighted by Crippen LogP contribution is 2.32. The van der Waals surface area contributed by atoms with Crippen LogP contribution < -0.4 is 5.32 Å². The number of amidine groups is 1. The molecule has 5 nitrogen and oxygen atoms in total. The van der Waals surface area contributed by atoms with Crippen molar-refractivity contribution in [2.45, 2.75) is 12.8 Å². The van der Waals surface area contributed by atoms with Gasteiger partial charge in [0.25, 0.3) is 5.91 Å². The number of rotatable bonds is 3. The SMILES string of the molecule is O=C(NC1=NN=C(C2CC2)[CH]1)c1cccc(-c2ccccc2)n1. The van der Waals surface area contributed by atoms with E-state index in [1.54, 1.807) is 6.07 Å². The molecule has 0 bridgehead atoms. The predicted molar refractivity (Wildman–Crippen MR) is 89.0 cm³/mol. The molecule has 1 radical (unpaired) electrons. The van der Waals surface area contributed by atoms with E-state index < -0.39 is 0 Å². The Kier molecular flexibility index (Phi) is 3.46. The quantitative estimate of drug-likeness (QED) is 0.947. The highest BCUT2D eigenvalue weighted by Gasteiger charge is 2.31. The molecule has 2 aliphatic rings. The number of carbonyl (C=O) groups is 1. The summed E-state index contributed by atoms with van der Waals surface area (Å²) in [6, 6.07) is 15.2. The number of nitrogens with zero attached hydrogens (tertiary/aromatic N) is 3. The average Bonchev–Trinajstić information content (AvgIpc) is 3.36. The van der Waals surface area contributed by atoms with E-state index in [1.807, 2.05) is 48.9 Å². The second-order valence-electron chi connectivity index (χ2n) is 5.66. The fourth-order valence-corrected chi connectivity index (χ4v) is 2.46. The van der Waals surface area contributed by atoms with Gasteiger partial charge in [-0.3, -0.25) is 4.79 Å². The largest absolute Gasteiger partial charge is 0.307 e. The summed E-state index contributed by atoms with van der Waals surface area (Å²) in [5, 5.41) is 10.9. The summed E-state index contributed by atoms with van der Waals surface area (Å²) in [7, 11) is 0. The number of hydrogen-bond donors (Lipinski definition) is 1. The molecule has 23 heavy (non-hydrogen) atoms. The van der Waals surface area contributed by atoms with Gasteiger partial charge in [0.2, 0.25) is 0 Å². The minimum Gasteiger partial charge on any atom is -0.307 e. The molecule has 0 unspecified atom stereocenters. The van der Waals surface area contributed by atoms with E-state index in [9.17, 15) is 4.79 Å². The Bertz CT molecular complexity index is 807. The molecule has 1 aliphatic heterocycles. The monoisotopic (exact) mass is 303 g/mol. The molecule has 0 saturated heterocycles. The normalized spacial score (nSPS) is 16.7. The summed E-state index contributed by atoms with van der Waals surface area (Å²) in [5.74, 6) is 0.738. The maximum Gasteiger partial charge on any atom is 0.275 e. The minimum absolute atomic E-state index is 0.273. The Hall–Kier alpha value is -2.82. The van der Waals surface area contributed by atoms with E-state index in [2.05, 4.69) is 20.5 Å². The Morgan fingerprint density at radius 2 is 1.83 bits per heavy atom. The van der Waals surface area contributed by atoms with Gasteiger partial charge in [-0.2, -0.15) is 5.10 Å². The van der Waals surface area contributed by atoms with Crippen LogP contribution in [0.15, 0.2) is 58.7 Å². The molecule has 1 N–H and O–H groups in total. The van der Waals surface area contributed by atoms with Crippen LogP contribution in [0.25, 0.3) is 11.3 Å². The van der Waals surface area contributed by atoms with Gasteiger partial charge >= 0.3 is 0 Å². The number of benzene rings is 1. The van der Waals surface area contributed by atoms with Gasteiger partial charge in [0.05, 0.1) is 17.8 Å². The summed E-state index contributed by atoms with van der Waals surface area (Å²) >= 11 is 0. The highest BCUT2D eigenvalue weighted by atomic mass is 16.2. The van der Waals surface area contributed by atoms with Gasteiger partial charge in [0.1, 0.15) is 11.5 Å².